The number of benzene rings is 1. The number of aromatic nitrogens is 1. The highest BCUT2D eigenvalue weighted by Crippen LogP contribution is 2.45. The molecule has 0 radical (unpaired) electrons. The van der Waals surface area contributed by atoms with E-state index in [4.69, 9.17) is 4.98 Å². The molecule has 0 saturated carbocycles. The Hall–Kier alpha value is -2.18. The molecule has 27 heavy (non-hydrogen) atoms. The molecule has 0 spiro atoms. The lowest BCUT2D eigenvalue weighted by Gasteiger charge is -2.20. The molecule has 2 aromatic heterocycles. The average Bonchev–Trinajstić information content (AvgIpc) is 3.04. The van der Waals surface area contributed by atoms with E-state index in [1.165, 1.54) is 51.8 Å². The normalized spacial score (nSPS) is 14.7. The molecule has 3 heteroatoms. The van der Waals surface area contributed by atoms with E-state index in [2.05, 4.69) is 51.1 Å². The van der Waals surface area contributed by atoms with Gasteiger partial charge in [-0.05, 0) is 68.2 Å². The minimum absolute atomic E-state index is 0.0951. The summed E-state index contributed by atoms with van der Waals surface area (Å²) in [7, 11) is 0. The van der Waals surface area contributed by atoms with Crippen molar-refractivity contribution in [1.29, 1.82) is 5.26 Å². The Bertz CT molecular complexity index is 1020. The number of nitriles is 1. The van der Waals surface area contributed by atoms with Gasteiger partial charge in [-0.3, -0.25) is 0 Å². The molecular weight excluding hydrogens is 348 g/mol. The van der Waals surface area contributed by atoms with Crippen molar-refractivity contribution < 1.29 is 0 Å². The first kappa shape index (κ1) is 18.2. The summed E-state index contributed by atoms with van der Waals surface area (Å²) in [5.74, 6) is -0.0951. The van der Waals surface area contributed by atoms with Gasteiger partial charge in [0.15, 0.2) is 0 Å². The SMILES string of the molecule is CCCC(C#N)c1c(C)nc2sc3c(c2c1-c1ccc(C)cc1)CCCC3. The molecule has 0 bridgehead atoms. The molecule has 1 atom stereocenters. The van der Waals surface area contributed by atoms with Crippen molar-refractivity contribution in [2.75, 3.05) is 0 Å². The highest BCUT2D eigenvalue weighted by Gasteiger charge is 2.26. The summed E-state index contributed by atoms with van der Waals surface area (Å²) in [6.45, 7) is 6.37. The topological polar surface area (TPSA) is 36.7 Å². The van der Waals surface area contributed by atoms with Gasteiger partial charge in [-0.15, -0.1) is 11.3 Å². The second-order valence-electron chi connectivity index (χ2n) is 7.71. The first-order valence-electron chi connectivity index (χ1n) is 10.1. The van der Waals surface area contributed by atoms with Crippen molar-refractivity contribution in [3.8, 4) is 17.2 Å². The average molecular weight is 375 g/mol. The molecule has 4 rings (SSSR count). The van der Waals surface area contributed by atoms with Crippen LogP contribution in [0.1, 0.15) is 65.8 Å². The van der Waals surface area contributed by atoms with Crippen LogP contribution in [0.25, 0.3) is 21.3 Å². The number of fused-ring (bicyclic) bond motifs is 3. The van der Waals surface area contributed by atoms with Crippen LogP contribution in [0.15, 0.2) is 24.3 Å². The lowest BCUT2D eigenvalue weighted by molar-refractivity contribution is 0.700. The predicted molar refractivity (Wildman–Crippen MR) is 114 cm³/mol. The number of pyridine rings is 1. The summed E-state index contributed by atoms with van der Waals surface area (Å²) >= 11 is 1.87. The van der Waals surface area contributed by atoms with Gasteiger partial charge in [0.1, 0.15) is 4.83 Å². The molecule has 2 nitrogen and oxygen atoms in total. The van der Waals surface area contributed by atoms with Crippen LogP contribution < -0.4 is 0 Å². The van der Waals surface area contributed by atoms with E-state index in [1.807, 2.05) is 11.3 Å². The van der Waals surface area contributed by atoms with Crippen molar-refractivity contribution in [2.24, 2.45) is 0 Å². The van der Waals surface area contributed by atoms with E-state index in [-0.39, 0.29) is 5.92 Å². The zero-order valence-electron chi connectivity index (χ0n) is 16.4. The Labute approximate surface area is 165 Å². The maximum Gasteiger partial charge on any atom is 0.124 e. The number of hydrogen-bond donors (Lipinski definition) is 0. The minimum Gasteiger partial charge on any atom is -0.242 e. The second-order valence-corrected chi connectivity index (χ2v) is 8.80. The quantitative estimate of drug-likeness (QED) is 0.500. The maximum atomic E-state index is 9.94. The lowest BCUT2D eigenvalue weighted by atomic mass is 9.84. The molecule has 138 valence electrons. The highest BCUT2D eigenvalue weighted by atomic mass is 32.1. The van der Waals surface area contributed by atoms with Gasteiger partial charge in [0.2, 0.25) is 0 Å². The fourth-order valence-corrected chi connectivity index (χ4v) is 5.74. The third kappa shape index (κ3) is 3.17. The van der Waals surface area contributed by atoms with Crippen LogP contribution in [0, 0.1) is 25.2 Å². The first-order chi connectivity index (χ1) is 13.1. The monoisotopic (exact) mass is 374 g/mol. The van der Waals surface area contributed by atoms with Gasteiger partial charge < -0.3 is 0 Å². The van der Waals surface area contributed by atoms with Crippen molar-refractivity contribution in [2.45, 2.75) is 65.2 Å². The predicted octanol–water partition coefficient (Wildman–Crippen LogP) is 6.87. The molecule has 0 fully saturated rings. The van der Waals surface area contributed by atoms with E-state index in [1.54, 1.807) is 0 Å². The summed E-state index contributed by atoms with van der Waals surface area (Å²) in [6, 6.07) is 11.4. The van der Waals surface area contributed by atoms with Gasteiger partial charge in [0, 0.05) is 16.0 Å². The van der Waals surface area contributed by atoms with Crippen molar-refractivity contribution in [3.05, 3.63) is 51.5 Å². The van der Waals surface area contributed by atoms with Crippen LogP contribution in [0.3, 0.4) is 0 Å². The van der Waals surface area contributed by atoms with Gasteiger partial charge in [-0.1, -0.05) is 43.2 Å². The van der Waals surface area contributed by atoms with Gasteiger partial charge in [-0.25, -0.2) is 4.98 Å². The van der Waals surface area contributed by atoms with Gasteiger partial charge in [-0.2, -0.15) is 5.26 Å². The molecule has 1 unspecified atom stereocenters. The molecule has 0 aliphatic heterocycles. The summed E-state index contributed by atoms with van der Waals surface area (Å²) in [6.07, 6.45) is 6.74. The lowest BCUT2D eigenvalue weighted by Crippen LogP contribution is -2.05. The van der Waals surface area contributed by atoms with E-state index in [0.29, 0.717) is 0 Å². The molecule has 3 aromatic rings. The van der Waals surface area contributed by atoms with Crippen molar-refractivity contribution >= 4 is 21.6 Å². The Morgan fingerprint density at radius 2 is 1.89 bits per heavy atom. The number of aryl methyl sites for hydroxylation is 4. The van der Waals surface area contributed by atoms with Crippen LogP contribution in [0.2, 0.25) is 0 Å². The largest absolute Gasteiger partial charge is 0.242 e. The Kier molecular flexibility index (Phi) is 5.02. The molecule has 0 amide bonds. The van der Waals surface area contributed by atoms with E-state index >= 15 is 0 Å². The molecule has 2 heterocycles. The summed E-state index contributed by atoms with van der Waals surface area (Å²) in [5, 5.41) is 11.3. The van der Waals surface area contributed by atoms with Gasteiger partial charge >= 0.3 is 0 Å². The smallest absolute Gasteiger partial charge is 0.124 e. The van der Waals surface area contributed by atoms with E-state index < -0.39 is 0 Å². The van der Waals surface area contributed by atoms with Crippen LogP contribution in [-0.4, -0.2) is 4.98 Å². The third-order valence-corrected chi connectivity index (χ3v) is 6.94. The first-order valence-corrected chi connectivity index (χ1v) is 10.9. The minimum atomic E-state index is -0.0951. The van der Waals surface area contributed by atoms with Crippen LogP contribution in [0.5, 0.6) is 0 Å². The molecule has 0 N–H and O–H groups in total. The number of nitrogens with zero attached hydrogens (tertiary/aromatic N) is 2. The van der Waals surface area contributed by atoms with E-state index in [9.17, 15) is 5.26 Å². The Morgan fingerprint density at radius 1 is 1.15 bits per heavy atom. The summed E-state index contributed by atoms with van der Waals surface area (Å²) < 4.78 is 0. The van der Waals surface area contributed by atoms with Crippen molar-refractivity contribution in [1.82, 2.24) is 4.98 Å². The number of rotatable bonds is 4. The Balaban J connectivity index is 2.09. The Morgan fingerprint density at radius 3 is 2.59 bits per heavy atom. The highest BCUT2D eigenvalue weighted by molar-refractivity contribution is 7.19. The van der Waals surface area contributed by atoms with Crippen LogP contribution in [0.4, 0.5) is 0 Å². The van der Waals surface area contributed by atoms with Gasteiger partial charge in [0.25, 0.3) is 0 Å². The third-order valence-electron chi connectivity index (χ3n) is 5.75. The zero-order valence-corrected chi connectivity index (χ0v) is 17.2. The van der Waals surface area contributed by atoms with Crippen molar-refractivity contribution in [3.63, 3.8) is 0 Å². The fourth-order valence-electron chi connectivity index (χ4n) is 4.42. The molecule has 1 aromatic carbocycles. The zero-order chi connectivity index (χ0) is 19.0. The van der Waals surface area contributed by atoms with Crippen LogP contribution in [-0.2, 0) is 12.8 Å². The molecular formula is C24H26N2S. The molecule has 0 saturated heterocycles. The maximum absolute atomic E-state index is 9.94. The standard InChI is InChI=1S/C24H26N2S/c1-4-7-18(14-25)21-16(3)26-24-23(19-8-5-6-9-20(19)27-24)22(21)17-12-10-15(2)11-13-17/h10-13,18H,4-9H2,1-3H3. The molecule has 1 aliphatic carbocycles. The van der Waals surface area contributed by atoms with Crippen LogP contribution >= 0.6 is 11.3 Å². The fraction of sp³-hybridized carbons (Fsp3) is 0.417. The summed E-state index contributed by atoms with van der Waals surface area (Å²) in [5.41, 5.74) is 7.45. The number of hydrogen-bond acceptors (Lipinski definition) is 3. The second kappa shape index (κ2) is 7.44. The van der Waals surface area contributed by atoms with Gasteiger partial charge in [0.05, 0.1) is 12.0 Å². The number of thiophene rings is 1. The summed E-state index contributed by atoms with van der Waals surface area (Å²) in [4.78, 5) is 7.67. The molecule has 1 aliphatic rings. The van der Waals surface area contributed by atoms with E-state index in [0.717, 1.165) is 35.4 Å².